The Morgan fingerprint density at radius 3 is 2.72 bits per heavy atom. The Balaban J connectivity index is 1.40. The number of phenolic OH excluding ortho intramolecular Hbond substituents is 1. The zero-order valence-corrected chi connectivity index (χ0v) is 21.2. The summed E-state index contributed by atoms with van der Waals surface area (Å²) >= 11 is 0. The van der Waals surface area contributed by atoms with Crippen LogP contribution in [0, 0.1) is 5.92 Å². The van der Waals surface area contributed by atoms with E-state index in [9.17, 15) is 9.90 Å². The Labute approximate surface area is 212 Å². The molecular formula is C30H34N2O4. The van der Waals surface area contributed by atoms with Crippen molar-refractivity contribution in [1.82, 2.24) is 4.90 Å². The van der Waals surface area contributed by atoms with Gasteiger partial charge in [-0.25, -0.2) is 0 Å². The highest BCUT2D eigenvalue weighted by molar-refractivity contribution is 5.95. The maximum atomic E-state index is 13.1. The second kappa shape index (κ2) is 8.61. The molecule has 2 fully saturated rings. The third kappa shape index (κ3) is 3.49. The Morgan fingerprint density at radius 1 is 1.17 bits per heavy atom. The van der Waals surface area contributed by atoms with Crippen LogP contribution in [-0.2, 0) is 0 Å². The molecule has 0 radical (unpaired) electrons. The van der Waals surface area contributed by atoms with Crippen molar-refractivity contribution in [3.05, 3.63) is 71.7 Å². The van der Waals surface area contributed by atoms with Gasteiger partial charge in [0.15, 0.2) is 11.5 Å². The first-order valence-electron chi connectivity index (χ1n) is 13.2. The number of hydrogen-bond acceptors (Lipinski definition) is 5. The van der Waals surface area contributed by atoms with Gasteiger partial charge in [-0.3, -0.25) is 4.79 Å². The molecule has 6 nitrogen and oxygen atoms in total. The minimum absolute atomic E-state index is 0.00464. The van der Waals surface area contributed by atoms with Gasteiger partial charge in [0, 0.05) is 47.3 Å². The third-order valence-corrected chi connectivity index (χ3v) is 8.71. The number of piperidine rings is 1. The SMILES string of the molecule is CCN(CC)C(=O)c1ccc2c(c1)Oc1c(O)cccc1C2C1CC2CCC(C)(C1)N2c1ccoc1. The molecule has 1 aromatic heterocycles. The maximum absolute atomic E-state index is 13.1. The van der Waals surface area contributed by atoms with E-state index in [4.69, 9.17) is 9.15 Å². The largest absolute Gasteiger partial charge is 0.504 e. The molecular weight excluding hydrogens is 452 g/mol. The van der Waals surface area contributed by atoms with E-state index in [1.54, 1.807) is 12.3 Å². The van der Waals surface area contributed by atoms with Crippen LogP contribution in [0.15, 0.2) is 59.4 Å². The van der Waals surface area contributed by atoms with Gasteiger partial charge in [0.2, 0.25) is 0 Å². The number of rotatable bonds is 5. The van der Waals surface area contributed by atoms with Gasteiger partial charge >= 0.3 is 0 Å². The predicted octanol–water partition coefficient (Wildman–Crippen LogP) is 6.54. The molecule has 4 atom stereocenters. The molecule has 188 valence electrons. The van der Waals surface area contributed by atoms with E-state index in [0.717, 1.165) is 30.4 Å². The van der Waals surface area contributed by atoms with E-state index in [2.05, 4.69) is 30.0 Å². The lowest BCUT2D eigenvalue weighted by atomic mass is 9.70. The number of phenols is 1. The van der Waals surface area contributed by atoms with E-state index < -0.39 is 0 Å². The van der Waals surface area contributed by atoms with E-state index in [1.807, 2.05) is 43.2 Å². The van der Waals surface area contributed by atoms with Crippen molar-refractivity contribution in [3.8, 4) is 17.2 Å². The van der Waals surface area contributed by atoms with Crippen molar-refractivity contribution in [3.63, 3.8) is 0 Å². The van der Waals surface area contributed by atoms with Crippen LogP contribution in [0.5, 0.6) is 17.2 Å². The number of fused-ring (bicyclic) bond motifs is 4. The van der Waals surface area contributed by atoms with Crippen LogP contribution in [0.4, 0.5) is 5.69 Å². The number of amides is 1. The van der Waals surface area contributed by atoms with Crippen LogP contribution in [0.2, 0.25) is 0 Å². The lowest BCUT2D eigenvalue weighted by molar-refractivity contribution is 0.0772. The van der Waals surface area contributed by atoms with Crippen molar-refractivity contribution in [2.45, 2.75) is 64.0 Å². The molecule has 36 heavy (non-hydrogen) atoms. The molecule has 1 N–H and O–H groups in total. The molecule has 2 aromatic carbocycles. The molecule has 3 aromatic rings. The van der Waals surface area contributed by atoms with E-state index in [1.165, 1.54) is 12.1 Å². The quantitative estimate of drug-likeness (QED) is 0.443. The monoisotopic (exact) mass is 486 g/mol. The number of nitrogens with zero attached hydrogens (tertiary/aromatic N) is 2. The second-order valence-corrected chi connectivity index (χ2v) is 10.7. The first-order chi connectivity index (χ1) is 17.4. The van der Waals surface area contributed by atoms with E-state index in [-0.39, 0.29) is 23.1 Å². The average Bonchev–Trinajstić information content (AvgIpc) is 3.47. The number of aromatic hydroxyl groups is 1. The second-order valence-electron chi connectivity index (χ2n) is 10.7. The molecule has 3 aliphatic rings. The Kier molecular flexibility index (Phi) is 5.51. The number of hydrogen-bond donors (Lipinski definition) is 1. The Hall–Kier alpha value is -3.41. The lowest BCUT2D eigenvalue weighted by Gasteiger charge is -2.49. The van der Waals surface area contributed by atoms with E-state index >= 15 is 0 Å². The van der Waals surface area contributed by atoms with Gasteiger partial charge < -0.3 is 24.1 Å². The van der Waals surface area contributed by atoms with Crippen molar-refractivity contribution in [2.75, 3.05) is 18.0 Å². The zero-order valence-electron chi connectivity index (χ0n) is 21.2. The Bertz CT molecular complexity index is 1280. The van der Waals surface area contributed by atoms with Crippen molar-refractivity contribution < 1.29 is 19.1 Å². The number of furan rings is 1. The Morgan fingerprint density at radius 2 is 2.00 bits per heavy atom. The summed E-state index contributed by atoms with van der Waals surface area (Å²) in [5.41, 5.74) is 3.98. The summed E-state index contributed by atoms with van der Waals surface area (Å²) in [6.45, 7) is 7.68. The average molecular weight is 487 g/mol. The normalized spacial score (nSPS) is 26.2. The summed E-state index contributed by atoms with van der Waals surface area (Å²) in [7, 11) is 0. The summed E-state index contributed by atoms with van der Waals surface area (Å²) in [5, 5.41) is 10.8. The number of benzene rings is 2. The van der Waals surface area contributed by atoms with Crippen LogP contribution in [0.1, 0.15) is 73.9 Å². The van der Waals surface area contributed by atoms with Gasteiger partial charge in [-0.1, -0.05) is 18.2 Å². The topological polar surface area (TPSA) is 66.2 Å². The van der Waals surface area contributed by atoms with Crippen LogP contribution >= 0.6 is 0 Å². The van der Waals surface area contributed by atoms with Crippen LogP contribution in [0.25, 0.3) is 0 Å². The lowest BCUT2D eigenvalue weighted by Crippen LogP contribution is -2.52. The van der Waals surface area contributed by atoms with Crippen molar-refractivity contribution in [2.24, 2.45) is 5.92 Å². The fourth-order valence-electron chi connectivity index (χ4n) is 7.15. The summed E-state index contributed by atoms with van der Waals surface area (Å²) < 4.78 is 11.7. The first-order valence-corrected chi connectivity index (χ1v) is 13.2. The summed E-state index contributed by atoms with van der Waals surface area (Å²) in [4.78, 5) is 17.5. The van der Waals surface area contributed by atoms with Gasteiger partial charge in [-0.2, -0.15) is 0 Å². The van der Waals surface area contributed by atoms with Gasteiger partial charge in [0.05, 0.1) is 12.0 Å². The highest BCUT2D eigenvalue weighted by Crippen LogP contribution is 2.57. The highest BCUT2D eigenvalue weighted by Gasteiger charge is 2.52. The van der Waals surface area contributed by atoms with Crippen LogP contribution in [0.3, 0.4) is 0 Å². The minimum atomic E-state index is 0.00464. The molecule has 3 aliphatic heterocycles. The van der Waals surface area contributed by atoms with Gasteiger partial charge in [-0.05, 0) is 76.6 Å². The number of para-hydroxylation sites is 1. The van der Waals surface area contributed by atoms with Gasteiger partial charge in [0.25, 0.3) is 5.91 Å². The molecule has 0 saturated carbocycles. The minimum Gasteiger partial charge on any atom is -0.504 e. The molecule has 6 rings (SSSR count). The standard InChI is InChI=1S/C30H34N2O4/c1-4-31(5-2)29(34)19-9-10-23-26(16-19)36-28-24(7-6-8-25(28)33)27(23)20-15-21-11-13-30(3,17-20)32(21)22-12-14-35-18-22/h6-10,12,14,16,18,20-21,27,33H,4-5,11,13,15,17H2,1-3H3. The van der Waals surface area contributed by atoms with Crippen LogP contribution < -0.4 is 9.64 Å². The first kappa shape index (κ1) is 23.0. The summed E-state index contributed by atoms with van der Waals surface area (Å²) in [5.74, 6) is 1.84. The summed E-state index contributed by atoms with van der Waals surface area (Å²) in [6, 6.07) is 14.1. The highest BCUT2D eigenvalue weighted by atomic mass is 16.5. The van der Waals surface area contributed by atoms with Crippen LogP contribution in [-0.4, -0.2) is 40.6 Å². The zero-order chi connectivity index (χ0) is 25.0. The molecule has 2 saturated heterocycles. The smallest absolute Gasteiger partial charge is 0.253 e. The molecule has 4 heterocycles. The molecule has 0 spiro atoms. The predicted molar refractivity (Wildman–Crippen MR) is 139 cm³/mol. The number of ether oxygens (including phenoxy) is 1. The fraction of sp³-hybridized carbons (Fsp3) is 0.433. The fourth-order valence-corrected chi connectivity index (χ4v) is 7.15. The molecule has 1 amide bonds. The molecule has 2 bridgehead atoms. The van der Waals surface area contributed by atoms with E-state index in [0.29, 0.717) is 42.1 Å². The van der Waals surface area contributed by atoms with Gasteiger partial charge in [-0.15, -0.1) is 0 Å². The van der Waals surface area contributed by atoms with Crippen molar-refractivity contribution in [1.29, 1.82) is 0 Å². The molecule has 6 heteroatoms. The number of carbonyl (C=O) groups excluding carboxylic acids is 1. The number of anilines is 1. The third-order valence-electron chi connectivity index (χ3n) is 8.71. The van der Waals surface area contributed by atoms with Gasteiger partial charge in [0.1, 0.15) is 12.0 Å². The maximum Gasteiger partial charge on any atom is 0.253 e. The summed E-state index contributed by atoms with van der Waals surface area (Å²) in [6.07, 6.45) is 8.03. The van der Waals surface area contributed by atoms with Crippen molar-refractivity contribution >= 4 is 11.6 Å². The molecule has 0 aliphatic carbocycles. The number of carbonyl (C=O) groups is 1. The molecule has 4 unspecified atom stereocenters.